The van der Waals surface area contributed by atoms with Gasteiger partial charge in [-0.15, -0.1) is 0 Å². The molecular weight excluding hydrogens is 264 g/mol. The van der Waals surface area contributed by atoms with Crippen molar-refractivity contribution in [3.05, 3.63) is 71.8 Å². The number of ether oxygens (including phenoxy) is 1. The minimum absolute atomic E-state index is 0.183. The molecule has 1 unspecified atom stereocenters. The fourth-order valence-electron chi connectivity index (χ4n) is 2.58. The molecule has 3 nitrogen and oxygen atoms in total. The van der Waals surface area contributed by atoms with E-state index in [1.807, 2.05) is 48.5 Å². The van der Waals surface area contributed by atoms with Crippen LogP contribution in [-0.4, -0.2) is 17.3 Å². The highest BCUT2D eigenvalue weighted by Gasteiger charge is 2.17. The van der Waals surface area contributed by atoms with Crippen LogP contribution in [0.15, 0.2) is 60.7 Å². The second kappa shape index (κ2) is 5.46. The molecule has 0 saturated heterocycles. The predicted molar refractivity (Wildman–Crippen MR) is 82.7 cm³/mol. The molecule has 1 atom stereocenters. The fourth-order valence-corrected chi connectivity index (χ4v) is 2.58. The van der Waals surface area contributed by atoms with Crippen LogP contribution in [0.2, 0.25) is 0 Å². The average Bonchev–Trinajstić information content (AvgIpc) is 2.53. The Hall–Kier alpha value is -2.52. The van der Waals surface area contributed by atoms with Crippen LogP contribution in [0.5, 0.6) is 11.5 Å². The summed E-state index contributed by atoms with van der Waals surface area (Å²) in [6.07, 6.45) is -0.813. The number of rotatable bonds is 3. The molecule has 106 valence electrons. The Morgan fingerprint density at radius 3 is 2.48 bits per heavy atom. The number of aliphatic hydroxyl groups is 1. The number of aliphatic hydroxyl groups excluding tert-OH is 1. The first-order chi connectivity index (χ1) is 10.2. The van der Waals surface area contributed by atoms with Crippen molar-refractivity contribution in [1.82, 2.24) is 0 Å². The molecule has 0 saturated carbocycles. The molecule has 0 bridgehead atoms. The van der Waals surface area contributed by atoms with Crippen molar-refractivity contribution in [2.24, 2.45) is 0 Å². The van der Waals surface area contributed by atoms with Crippen LogP contribution in [0.1, 0.15) is 17.2 Å². The summed E-state index contributed by atoms with van der Waals surface area (Å²) >= 11 is 0. The van der Waals surface area contributed by atoms with Gasteiger partial charge in [-0.3, -0.25) is 0 Å². The molecule has 0 radical (unpaired) electrons. The van der Waals surface area contributed by atoms with Crippen molar-refractivity contribution in [3.63, 3.8) is 0 Å². The number of aromatic hydroxyl groups is 1. The molecule has 0 aliphatic heterocycles. The van der Waals surface area contributed by atoms with E-state index in [2.05, 4.69) is 0 Å². The minimum Gasteiger partial charge on any atom is -0.508 e. The predicted octanol–water partition coefficient (Wildman–Crippen LogP) is 3.64. The number of methoxy groups -OCH3 is 1. The molecule has 3 aromatic rings. The van der Waals surface area contributed by atoms with E-state index in [9.17, 15) is 10.2 Å². The Balaban J connectivity index is 2.17. The normalized spacial score (nSPS) is 12.3. The van der Waals surface area contributed by atoms with Gasteiger partial charge >= 0.3 is 0 Å². The number of benzene rings is 3. The first-order valence-electron chi connectivity index (χ1n) is 6.73. The SMILES string of the molecule is COc1ccccc1C(O)c1cccc2ccc(O)cc12. The van der Waals surface area contributed by atoms with Crippen molar-refractivity contribution < 1.29 is 14.9 Å². The summed E-state index contributed by atoms with van der Waals surface area (Å²) in [5, 5.41) is 22.2. The minimum atomic E-state index is -0.813. The fraction of sp³-hybridized carbons (Fsp3) is 0.111. The van der Waals surface area contributed by atoms with Crippen LogP contribution in [0.25, 0.3) is 10.8 Å². The lowest BCUT2D eigenvalue weighted by Crippen LogP contribution is -2.03. The van der Waals surface area contributed by atoms with Crippen molar-refractivity contribution in [2.45, 2.75) is 6.10 Å². The molecule has 0 aliphatic rings. The van der Waals surface area contributed by atoms with Crippen LogP contribution >= 0.6 is 0 Å². The van der Waals surface area contributed by atoms with Crippen LogP contribution in [0.3, 0.4) is 0 Å². The van der Waals surface area contributed by atoms with Crippen molar-refractivity contribution in [2.75, 3.05) is 7.11 Å². The monoisotopic (exact) mass is 280 g/mol. The third-order valence-corrected chi connectivity index (χ3v) is 3.63. The van der Waals surface area contributed by atoms with Gasteiger partial charge in [0.2, 0.25) is 0 Å². The second-order valence-electron chi connectivity index (χ2n) is 4.90. The Kier molecular flexibility index (Phi) is 3.50. The third kappa shape index (κ3) is 2.43. The second-order valence-corrected chi connectivity index (χ2v) is 4.90. The van der Waals surface area contributed by atoms with Crippen molar-refractivity contribution in [3.8, 4) is 11.5 Å². The zero-order chi connectivity index (χ0) is 14.8. The summed E-state index contributed by atoms with van der Waals surface area (Å²) < 4.78 is 5.31. The zero-order valence-electron chi connectivity index (χ0n) is 11.7. The van der Waals surface area contributed by atoms with E-state index in [-0.39, 0.29) is 5.75 Å². The number of fused-ring (bicyclic) bond motifs is 1. The summed E-state index contributed by atoms with van der Waals surface area (Å²) in [6, 6.07) is 18.2. The maximum absolute atomic E-state index is 10.7. The highest BCUT2D eigenvalue weighted by atomic mass is 16.5. The number of hydrogen-bond acceptors (Lipinski definition) is 3. The molecular formula is C18H16O3. The lowest BCUT2D eigenvalue weighted by molar-refractivity contribution is 0.216. The van der Waals surface area contributed by atoms with E-state index in [1.54, 1.807) is 19.2 Å². The van der Waals surface area contributed by atoms with Crippen molar-refractivity contribution in [1.29, 1.82) is 0 Å². The first-order valence-corrected chi connectivity index (χ1v) is 6.73. The van der Waals surface area contributed by atoms with Gasteiger partial charge in [-0.1, -0.05) is 42.5 Å². The van der Waals surface area contributed by atoms with Crippen molar-refractivity contribution >= 4 is 10.8 Å². The topological polar surface area (TPSA) is 49.7 Å². The summed E-state index contributed by atoms with van der Waals surface area (Å²) in [5.41, 5.74) is 1.45. The van der Waals surface area contributed by atoms with Crippen LogP contribution in [0, 0.1) is 0 Å². The number of phenols is 1. The maximum Gasteiger partial charge on any atom is 0.125 e. The lowest BCUT2D eigenvalue weighted by Gasteiger charge is -2.17. The Bertz CT molecular complexity index is 780. The van der Waals surface area contributed by atoms with E-state index < -0.39 is 6.10 Å². The molecule has 3 rings (SSSR count). The standard InChI is InChI=1S/C18H16O3/c1-21-17-8-3-2-6-15(17)18(20)14-7-4-5-12-9-10-13(19)11-16(12)14/h2-11,18-20H,1H3. The molecule has 0 aliphatic carbocycles. The highest BCUT2D eigenvalue weighted by molar-refractivity contribution is 5.87. The maximum atomic E-state index is 10.7. The van der Waals surface area contributed by atoms with E-state index >= 15 is 0 Å². The molecule has 0 spiro atoms. The molecule has 3 heteroatoms. The van der Waals surface area contributed by atoms with Gasteiger partial charge < -0.3 is 14.9 Å². The Labute approximate surface area is 123 Å². The van der Waals surface area contributed by atoms with Gasteiger partial charge in [-0.05, 0) is 34.5 Å². The van der Waals surface area contributed by atoms with E-state index in [0.717, 1.165) is 16.3 Å². The third-order valence-electron chi connectivity index (χ3n) is 3.63. The quantitative estimate of drug-likeness (QED) is 0.770. The summed E-state index contributed by atoms with van der Waals surface area (Å²) in [7, 11) is 1.58. The molecule has 0 amide bonds. The summed E-state index contributed by atoms with van der Waals surface area (Å²) in [5.74, 6) is 0.823. The number of para-hydroxylation sites is 1. The molecule has 0 fully saturated rings. The zero-order valence-corrected chi connectivity index (χ0v) is 11.7. The van der Waals surface area contributed by atoms with Gasteiger partial charge in [-0.2, -0.15) is 0 Å². The van der Waals surface area contributed by atoms with E-state index in [1.165, 1.54) is 0 Å². The smallest absolute Gasteiger partial charge is 0.125 e. The lowest BCUT2D eigenvalue weighted by atomic mass is 9.95. The molecule has 3 aromatic carbocycles. The summed E-state index contributed by atoms with van der Waals surface area (Å²) in [6.45, 7) is 0. The van der Waals surface area contributed by atoms with Gasteiger partial charge in [0.1, 0.15) is 17.6 Å². The highest BCUT2D eigenvalue weighted by Crippen LogP contribution is 2.34. The molecule has 2 N–H and O–H groups in total. The van der Waals surface area contributed by atoms with E-state index in [4.69, 9.17) is 4.74 Å². The molecule has 0 heterocycles. The number of hydrogen-bond donors (Lipinski definition) is 2. The van der Waals surface area contributed by atoms with Crippen LogP contribution in [0.4, 0.5) is 0 Å². The largest absolute Gasteiger partial charge is 0.508 e. The van der Waals surface area contributed by atoms with Gasteiger partial charge in [0.25, 0.3) is 0 Å². The Morgan fingerprint density at radius 1 is 0.905 bits per heavy atom. The average molecular weight is 280 g/mol. The molecule has 0 aromatic heterocycles. The van der Waals surface area contributed by atoms with Gasteiger partial charge in [0.05, 0.1) is 7.11 Å². The van der Waals surface area contributed by atoms with E-state index in [0.29, 0.717) is 11.3 Å². The van der Waals surface area contributed by atoms with Gasteiger partial charge in [0.15, 0.2) is 0 Å². The number of phenolic OH excluding ortho intramolecular Hbond substituents is 1. The van der Waals surface area contributed by atoms with Crippen LogP contribution < -0.4 is 4.74 Å². The van der Waals surface area contributed by atoms with Gasteiger partial charge in [0, 0.05) is 5.56 Å². The Morgan fingerprint density at radius 2 is 1.67 bits per heavy atom. The first kappa shape index (κ1) is 13.5. The molecule has 21 heavy (non-hydrogen) atoms. The van der Waals surface area contributed by atoms with Crippen LogP contribution in [-0.2, 0) is 0 Å². The van der Waals surface area contributed by atoms with Gasteiger partial charge in [-0.25, -0.2) is 0 Å². The summed E-state index contributed by atoms with van der Waals surface area (Å²) in [4.78, 5) is 0.